The molecule has 0 saturated carbocycles. The molecule has 0 aliphatic rings. The van der Waals surface area contributed by atoms with Gasteiger partial charge in [0.1, 0.15) is 15.7 Å². The number of hydrazine groups is 1. The van der Waals surface area contributed by atoms with Crippen molar-refractivity contribution >= 4 is 38.7 Å². The first-order chi connectivity index (χ1) is 13.8. The van der Waals surface area contributed by atoms with Crippen molar-refractivity contribution in [1.29, 1.82) is 0 Å². The fraction of sp³-hybridized carbons (Fsp3) is 0. The van der Waals surface area contributed by atoms with Crippen LogP contribution < -0.4 is 15.6 Å². The summed E-state index contributed by atoms with van der Waals surface area (Å²) >= 11 is 1.10. The molecule has 0 bridgehead atoms. The Kier molecular flexibility index (Phi) is 5.76. The van der Waals surface area contributed by atoms with Crippen molar-refractivity contribution in [3.63, 3.8) is 0 Å². The lowest BCUT2D eigenvalue weighted by Crippen LogP contribution is -2.35. The van der Waals surface area contributed by atoms with Crippen LogP contribution in [0.15, 0.2) is 70.8 Å². The quantitative estimate of drug-likeness (QED) is 0.366. The molecule has 0 fully saturated rings. The number of hydrogen-bond donors (Lipinski definition) is 5. The molecule has 0 aliphatic carbocycles. The third-order valence-electron chi connectivity index (χ3n) is 3.79. The van der Waals surface area contributed by atoms with E-state index >= 15 is 0 Å². The highest BCUT2D eigenvalue weighted by Crippen LogP contribution is 2.26. The minimum absolute atomic E-state index is 0.0992. The number of rotatable bonds is 7. The van der Waals surface area contributed by atoms with Crippen molar-refractivity contribution in [3.05, 3.63) is 77.7 Å². The summed E-state index contributed by atoms with van der Waals surface area (Å²) in [5.41, 5.74) is 6.14. The molecule has 0 saturated heterocycles. The van der Waals surface area contributed by atoms with Gasteiger partial charge >= 0.3 is 0 Å². The highest BCUT2D eigenvalue weighted by molar-refractivity contribution is 7.94. The molecule has 150 valence electrons. The number of aromatic hydroxyl groups is 2. The minimum Gasteiger partial charge on any atom is -0.508 e. The highest BCUT2D eigenvalue weighted by Gasteiger charge is 2.15. The monoisotopic (exact) mass is 431 g/mol. The molecule has 0 spiro atoms. The second-order valence-electron chi connectivity index (χ2n) is 5.87. The van der Waals surface area contributed by atoms with E-state index in [0.29, 0.717) is 11.3 Å². The Hall–Kier alpha value is -3.50. The average Bonchev–Trinajstić information content (AvgIpc) is 3.22. The van der Waals surface area contributed by atoms with E-state index in [9.17, 15) is 23.4 Å². The molecule has 3 rings (SSSR count). The van der Waals surface area contributed by atoms with Gasteiger partial charge in [0.15, 0.2) is 0 Å². The molecular formula is C19H17N3O5S2. The second kappa shape index (κ2) is 8.25. The summed E-state index contributed by atoms with van der Waals surface area (Å²) in [4.78, 5) is 12.2. The number of sulfonamides is 1. The van der Waals surface area contributed by atoms with Crippen LogP contribution in [0.3, 0.4) is 0 Å². The smallest absolute Gasteiger partial charge is 0.271 e. The molecule has 0 radical (unpaired) electrons. The summed E-state index contributed by atoms with van der Waals surface area (Å²) in [5, 5.41) is 20.8. The standard InChI is InChI=1S/C19H17N3O5S2/c1-12(16-9-8-15(23)11-17(16)24)20-21-19(25)13-4-6-14(7-5-13)22-29(26,27)18-3-2-10-28-18/h2-11,20,22-24H,1H2,(H,21,25). The number of carbonyl (C=O) groups is 1. The van der Waals surface area contributed by atoms with Gasteiger partial charge < -0.3 is 10.2 Å². The number of amides is 1. The zero-order valence-electron chi connectivity index (χ0n) is 14.9. The minimum atomic E-state index is -3.66. The Morgan fingerprint density at radius 2 is 1.72 bits per heavy atom. The summed E-state index contributed by atoms with van der Waals surface area (Å²) in [6.45, 7) is 3.72. The van der Waals surface area contributed by atoms with E-state index in [1.807, 2.05) is 0 Å². The Labute approximate surface area is 171 Å². The molecule has 10 heteroatoms. The number of hydrogen-bond acceptors (Lipinski definition) is 7. The fourth-order valence-electron chi connectivity index (χ4n) is 2.36. The van der Waals surface area contributed by atoms with E-state index in [1.54, 1.807) is 11.4 Å². The lowest BCUT2D eigenvalue weighted by atomic mass is 10.1. The van der Waals surface area contributed by atoms with Gasteiger partial charge in [-0.15, -0.1) is 11.3 Å². The van der Waals surface area contributed by atoms with E-state index in [4.69, 9.17) is 0 Å². The molecule has 29 heavy (non-hydrogen) atoms. The predicted molar refractivity (Wildman–Crippen MR) is 111 cm³/mol. The van der Waals surface area contributed by atoms with Crippen molar-refractivity contribution in [2.75, 3.05) is 4.72 Å². The Bertz CT molecular complexity index is 1140. The zero-order chi connectivity index (χ0) is 21.0. The summed E-state index contributed by atoms with van der Waals surface area (Å²) in [6.07, 6.45) is 0. The number of thiophene rings is 1. The van der Waals surface area contributed by atoms with E-state index in [-0.39, 0.29) is 27.0 Å². The van der Waals surface area contributed by atoms with Gasteiger partial charge in [-0.05, 0) is 47.8 Å². The molecule has 3 aromatic rings. The van der Waals surface area contributed by atoms with Crippen LogP contribution >= 0.6 is 11.3 Å². The summed E-state index contributed by atoms with van der Waals surface area (Å²) in [7, 11) is -3.66. The number of phenols is 2. The van der Waals surface area contributed by atoms with Crippen LogP contribution in [0.1, 0.15) is 15.9 Å². The maximum absolute atomic E-state index is 12.2. The van der Waals surface area contributed by atoms with Crippen LogP contribution in [0.4, 0.5) is 5.69 Å². The van der Waals surface area contributed by atoms with E-state index in [0.717, 1.165) is 17.4 Å². The van der Waals surface area contributed by atoms with Crippen molar-refractivity contribution in [1.82, 2.24) is 10.9 Å². The average molecular weight is 431 g/mol. The lowest BCUT2D eigenvalue weighted by molar-refractivity contribution is 0.0942. The Morgan fingerprint density at radius 1 is 1.00 bits per heavy atom. The molecule has 5 N–H and O–H groups in total. The molecule has 1 heterocycles. The third-order valence-corrected chi connectivity index (χ3v) is 6.57. The van der Waals surface area contributed by atoms with Crippen LogP contribution in [0, 0.1) is 0 Å². The summed E-state index contributed by atoms with van der Waals surface area (Å²) in [5.74, 6) is -0.783. The first kappa shape index (κ1) is 20.2. The second-order valence-corrected chi connectivity index (χ2v) is 8.73. The van der Waals surface area contributed by atoms with Crippen LogP contribution in [-0.2, 0) is 10.0 Å². The van der Waals surface area contributed by atoms with Gasteiger partial charge in [0.2, 0.25) is 0 Å². The van der Waals surface area contributed by atoms with Gasteiger partial charge in [-0.2, -0.15) is 0 Å². The van der Waals surface area contributed by atoms with Gasteiger partial charge in [-0.1, -0.05) is 12.6 Å². The number of nitrogens with one attached hydrogen (secondary N) is 3. The topological polar surface area (TPSA) is 128 Å². The molecule has 0 aliphatic heterocycles. The number of benzene rings is 2. The number of anilines is 1. The summed E-state index contributed by atoms with van der Waals surface area (Å²) in [6, 6.07) is 13.0. The van der Waals surface area contributed by atoms with E-state index in [1.165, 1.54) is 42.5 Å². The molecule has 1 aromatic heterocycles. The van der Waals surface area contributed by atoms with Gasteiger partial charge in [0.25, 0.3) is 15.9 Å². The largest absolute Gasteiger partial charge is 0.508 e. The molecular weight excluding hydrogens is 414 g/mol. The van der Waals surface area contributed by atoms with Gasteiger partial charge in [-0.25, -0.2) is 8.42 Å². The van der Waals surface area contributed by atoms with Crippen molar-refractivity contribution < 1.29 is 23.4 Å². The molecule has 2 aromatic carbocycles. The zero-order valence-corrected chi connectivity index (χ0v) is 16.5. The first-order valence-corrected chi connectivity index (χ1v) is 10.6. The van der Waals surface area contributed by atoms with Crippen LogP contribution in [-0.4, -0.2) is 24.5 Å². The highest BCUT2D eigenvalue weighted by atomic mass is 32.2. The predicted octanol–water partition coefficient (Wildman–Crippen LogP) is 2.87. The van der Waals surface area contributed by atoms with Gasteiger partial charge in [0, 0.05) is 22.9 Å². The third kappa shape index (κ3) is 4.86. The lowest BCUT2D eigenvalue weighted by Gasteiger charge is -2.13. The van der Waals surface area contributed by atoms with Crippen LogP contribution in [0.5, 0.6) is 11.5 Å². The number of phenolic OH excluding ortho intramolecular Hbond substituents is 2. The molecule has 0 unspecified atom stereocenters. The van der Waals surface area contributed by atoms with Gasteiger partial charge in [0.05, 0.1) is 5.70 Å². The van der Waals surface area contributed by atoms with Crippen molar-refractivity contribution in [3.8, 4) is 11.5 Å². The normalized spacial score (nSPS) is 10.9. The molecule has 1 amide bonds. The fourth-order valence-corrected chi connectivity index (χ4v) is 4.41. The summed E-state index contributed by atoms with van der Waals surface area (Å²) < 4.78 is 27.0. The SMILES string of the molecule is C=C(NNC(=O)c1ccc(NS(=O)(=O)c2cccs2)cc1)c1ccc(O)cc1O. The molecule has 0 atom stereocenters. The van der Waals surface area contributed by atoms with Crippen LogP contribution in [0.25, 0.3) is 5.70 Å². The maximum Gasteiger partial charge on any atom is 0.271 e. The number of carbonyl (C=O) groups excluding carboxylic acids is 1. The van der Waals surface area contributed by atoms with E-state index in [2.05, 4.69) is 22.2 Å². The Balaban J connectivity index is 1.61. The van der Waals surface area contributed by atoms with Crippen molar-refractivity contribution in [2.45, 2.75) is 4.21 Å². The van der Waals surface area contributed by atoms with Crippen molar-refractivity contribution in [2.24, 2.45) is 0 Å². The van der Waals surface area contributed by atoms with E-state index < -0.39 is 15.9 Å². The van der Waals surface area contributed by atoms with Gasteiger partial charge in [-0.3, -0.25) is 20.4 Å². The Morgan fingerprint density at radius 3 is 2.34 bits per heavy atom. The maximum atomic E-state index is 12.2. The first-order valence-electron chi connectivity index (χ1n) is 8.20. The van der Waals surface area contributed by atoms with Crippen LogP contribution in [0.2, 0.25) is 0 Å². The molecule has 8 nitrogen and oxygen atoms in total.